The first-order valence-corrected chi connectivity index (χ1v) is 11.1. The predicted octanol–water partition coefficient (Wildman–Crippen LogP) is 6.64. The lowest BCUT2D eigenvalue weighted by Gasteiger charge is -2.16. The highest BCUT2D eigenvalue weighted by molar-refractivity contribution is 14.1. The highest BCUT2D eigenvalue weighted by Gasteiger charge is 2.13. The third kappa shape index (κ3) is 5.75. The summed E-state index contributed by atoms with van der Waals surface area (Å²) in [5.41, 5.74) is 3.32. The van der Waals surface area contributed by atoms with E-state index in [0.717, 1.165) is 31.9 Å². The summed E-state index contributed by atoms with van der Waals surface area (Å²) in [6, 6.07) is 21.2. The number of benzene rings is 3. The first-order chi connectivity index (χ1) is 14.5. The van der Waals surface area contributed by atoms with Crippen LogP contribution in [0.3, 0.4) is 0 Å². The molecule has 3 aromatic rings. The van der Waals surface area contributed by atoms with E-state index in [2.05, 4.69) is 47.8 Å². The molecule has 0 aliphatic heterocycles. The Hall–Kier alpha value is -2.54. The second-order valence-corrected chi connectivity index (χ2v) is 8.44. The van der Waals surface area contributed by atoms with Crippen molar-refractivity contribution in [1.29, 1.82) is 0 Å². The molecule has 0 aliphatic carbocycles. The van der Waals surface area contributed by atoms with E-state index in [0.29, 0.717) is 24.7 Å². The van der Waals surface area contributed by atoms with Crippen LogP contribution < -0.4 is 14.8 Å². The first-order valence-electron chi connectivity index (χ1n) is 10.0. The van der Waals surface area contributed by atoms with E-state index in [1.807, 2.05) is 61.5 Å². The number of para-hydroxylation sites is 1. The third-order valence-corrected chi connectivity index (χ3v) is 5.37. The largest absolute Gasteiger partial charge is 0.493 e. The van der Waals surface area contributed by atoms with Crippen molar-refractivity contribution in [2.75, 3.05) is 11.9 Å². The van der Waals surface area contributed by atoms with E-state index in [-0.39, 0.29) is 5.91 Å². The Kier molecular flexibility index (Phi) is 7.74. The molecule has 0 atom stereocenters. The van der Waals surface area contributed by atoms with Crippen LogP contribution in [-0.2, 0) is 6.61 Å². The molecule has 30 heavy (non-hydrogen) atoms. The van der Waals surface area contributed by atoms with E-state index < -0.39 is 0 Å². The topological polar surface area (TPSA) is 47.6 Å². The highest BCUT2D eigenvalue weighted by Crippen LogP contribution is 2.28. The van der Waals surface area contributed by atoms with Crippen LogP contribution in [0.4, 0.5) is 5.69 Å². The molecule has 0 aliphatic rings. The molecular weight excluding hydrogens is 489 g/mol. The third-order valence-electron chi connectivity index (χ3n) is 4.65. The molecule has 0 saturated carbocycles. The van der Waals surface area contributed by atoms with Crippen LogP contribution in [0.2, 0.25) is 0 Å². The molecule has 156 valence electrons. The number of nitrogens with one attached hydrogen (secondary N) is 1. The zero-order valence-corrected chi connectivity index (χ0v) is 19.6. The second kappa shape index (κ2) is 10.5. The normalized spacial score (nSPS) is 10.7. The van der Waals surface area contributed by atoms with Crippen molar-refractivity contribution in [2.45, 2.75) is 33.3 Å². The number of anilines is 1. The summed E-state index contributed by atoms with van der Waals surface area (Å²) in [5, 5.41) is 2.94. The van der Waals surface area contributed by atoms with Gasteiger partial charge in [-0.25, -0.2) is 0 Å². The van der Waals surface area contributed by atoms with Crippen molar-refractivity contribution in [3.05, 3.63) is 87.0 Å². The summed E-state index contributed by atoms with van der Waals surface area (Å²) in [4.78, 5) is 12.7. The van der Waals surface area contributed by atoms with Crippen molar-refractivity contribution < 1.29 is 14.3 Å². The van der Waals surface area contributed by atoms with Gasteiger partial charge in [0.15, 0.2) is 0 Å². The molecule has 0 unspecified atom stereocenters. The maximum absolute atomic E-state index is 12.7. The van der Waals surface area contributed by atoms with E-state index in [1.54, 1.807) is 6.07 Å². The van der Waals surface area contributed by atoms with Gasteiger partial charge in [0, 0.05) is 20.4 Å². The number of hydrogen-bond acceptors (Lipinski definition) is 3. The van der Waals surface area contributed by atoms with Crippen LogP contribution in [0.25, 0.3) is 0 Å². The van der Waals surface area contributed by atoms with E-state index in [4.69, 9.17) is 9.47 Å². The van der Waals surface area contributed by atoms with Crippen molar-refractivity contribution in [2.24, 2.45) is 0 Å². The zero-order valence-electron chi connectivity index (χ0n) is 17.4. The fourth-order valence-corrected chi connectivity index (χ4v) is 3.47. The van der Waals surface area contributed by atoms with Crippen LogP contribution >= 0.6 is 22.6 Å². The minimum absolute atomic E-state index is 0.164. The van der Waals surface area contributed by atoms with E-state index >= 15 is 0 Å². The van der Waals surface area contributed by atoms with Crippen molar-refractivity contribution in [3.63, 3.8) is 0 Å². The van der Waals surface area contributed by atoms with Gasteiger partial charge in [0.1, 0.15) is 18.1 Å². The Morgan fingerprint density at radius 3 is 2.40 bits per heavy atom. The van der Waals surface area contributed by atoms with Gasteiger partial charge >= 0.3 is 0 Å². The lowest BCUT2D eigenvalue weighted by atomic mass is 10.0. The van der Waals surface area contributed by atoms with Crippen molar-refractivity contribution >= 4 is 34.2 Å². The summed E-state index contributed by atoms with van der Waals surface area (Å²) in [6.07, 6.45) is 0. The quantitative estimate of drug-likeness (QED) is 0.342. The molecule has 0 fully saturated rings. The minimum Gasteiger partial charge on any atom is -0.493 e. The highest BCUT2D eigenvalue weighted by atomic mass is 127. The lowest BCUT2D eigenvalue weighted by molar-refractivity contribution is 0.102. The lowest BCUT2D eigenvalue weighted by Crippen LogP contribution is -2.13. The van der Waals surface area contributed by atoms with Crippen molar-refractivity contribution in [3.8, 4) is 11.5 Å². The number of rotatable bonds is 8. The number of carbonyl (C=O) groups excluding carboxylic acids is 1. The second-order valence-electron chi connectivity index (χ2n) is 7.20. The smallest absolute Gasteiger partial charge is 0.255 e. The van der Waals surface area contributed by atoms with Gasteiger partial charge in [-0.2, -0.15) is 0 Å². The maximum Gasteiger partial charge on any atom is 0.255 e. The van der Waals surface area contributed by atoms with Gasteiger partial charge in [-0.3, -0.25) is 4.79 Å². The van der Waals surface area contributed by atoms with Crippen molar-refractivity contribution in [1.82, 2.24) is 0 Å². The Morgan fingerprint density at radius 1 is 0.967 bits per heavy atom. The molecule has 3 aromatic carbocycles. The molecule has 1 amide bonds. The van der Waals surface area contributed by atoms with Gasteiger partial charge in [-0.15, -0.1) is 0 Å². The van der Waals surface area contributed by atoms with Crippen LogP contribution in [0, 0.1) is 3.57 Å². The standard InChI is InChI=1S/C25H26INO3/c1-4-29-23-14-9-18(25(28)27-21-12-10-20(26)11-13-21)15-19(23)16-30-24-8-6-5-7-22(24)17(2)3/h5-15,17H,4,16H2,1-3H3,(H,27,28). The summed E-state index contributed by atoms with van der Waals surface area (Å²) < 4.78 is 13.0. The van der Waals surface area contributed by atoms with Gasteiger partial charge in [0.25, 0.3) is 5.91 Å². The summed E-state index contributed by atoms with van der Waals surface area (Å²) >= 11 is 2.24. The fraction of sp³-hybridized carbons (Fsp3) is 0.240. The zero-order chi connectivity index (χ0) is 21.5. The SMILES string of the molecule is CCOc1ccc(C(=O)Nc2ccc(I)cc2)cc1COc1ccccc1C(C)C. The molecule has 0 saturated heterocycles. The molecule has 0 aromatic heterocycles. The Bertz CT molecular complexity index is 1000. The molecular formula is C25H26INO3. The maximum atomic E-state index is 12.7. The first kappa shape index (κ1) is 22.2. The fourth-order valence-electron chi connectivity index (χ4n) is 3.11. The molecule has 4 nitrogen and oxygen atoms in total. The number of hydrogen-bond donors (Lipinski definition) is 1. The molecule has 5 heteroatoms. The van der Waals surface area contributed by atoms with Gasteiger partial charge < -0.3 is 14.8 Å². The number of halogens is 1. The molecule has 0 radical (unpaired) electrons. The summed E-state index contributed by atoms with van der Waals surface area (Å²) in [6.45, 7) is 7.09. The Morgan fingerprint density at radius 2 is 1.70 bits per heavy atom. The number of carbonyl (C=O) groups is 1. The van der Waals surface area contributed by atoms with Gasteiger partial charge in [0.05, 0.1) is 6.61 Å². The monoisotopic (exact) mass is 515 g/mol. The molecule has 3 rings (SSSR count). The molecule has 0 bridgehead atoms. The number of amides is 1. The van der Waals surface area contributed by atoms with Crippen LogP contribution in [0.15, 0.2) is 66.7 Å². The van der Waals surface area contributed by atoms with Gasteiger partial charge in [-0.05, 0) is 89.5 Å². The number of ether oxygens (including phenoxy) is 2. The molecule has 0 heterocycles. The summed E-state index contributed by atoms with van der Waals surface area (Å²) in [5.74, 6) is 1.77. The summed E-state index contributed by atoms with van der Waals surface area (Å²) in [7, 11) is 0. The average Bonchev–Trinajstić information content (AvgIpc) is 2.75. The molecule has 0 spiro atoms. The van der Waals surface area contributed by atoms with Gasteiger partial charge in [-0.1, -0.05) is 32.0 Å². The van der Waals surface area contributed by atoms with Crippen LogP contribution in [0.1, 0.15) is 48.2 Å². The molecule has 1 N–H and O–H groups in total. The van der Waals surface area contributed by atoms with Gasteiger partial charge in [0.2, 0.25) is 0 Å². The Balaban J connectivity index is 1.80. The van der Waals surface area contributed by atoms with E-state index in [1.165, 1.54) is 0 Å². The minimum atomic E-state index is -0.164. The Labute approximate surface area is 191 Å². The van der Waals surface area contributed by atoms with E-state index in [9.17, 15) is 4.79 Å². The average molecular weight is 515 g/mol. The predicted molar refractivity (Wildman–Crippen MR) is 130 cm³/mol. The van der Waals surface area contributed by atoms with Crippen LogP contribution in [0.5, 0.6) is 11.5 Å². The van der Waals surface area contributed by atoms with Crippen LogP contribution in [-0.4, -0.2) is 12.5 Å².